The zero-order valence-electron chi connectivity index (χ0n) is 18.0. The molecule has 31 heavy (non-hydrogen) atoms. The molecule has 2 atom stereocenters. The highest BCUT2D eigenvalue weighted by molar-refractivity contribution is 5.82. The van der Waals surface area contributed by atoms with Gasteiger partial charge in [-0.25, -0.2) is 4.79 Å². The van der Waals surface area contributed by atoms with E-state index in [0.29, 0.717) is 18.8 Å². The fraction of sp³-hybridized carbons (Fsp3) is 0.360. The van der Waals surface area contributed by atoms with Crippen LogP contribution in [0.3, 0.4) is 0 Å². The van der Waals surface area contributed by atoms with Gasteiger partial charge in [-0.05, 0) is 44.4 Å². The van der Waals surface area contributed by atoms with E-state index in [4.69, 9.17) is 4.42 Å². The van der Waals surface area contributed by atoms with Gasteiger partial charge in [0.15, 0.2) is 0 Å². The first-order valence-corrected chi connectivity index (χ1v) is 10.9. The van der Waals surface area contributed by atoms with Gasteiger partial charge < -0.3 is 20.0 Å². The van der Waals surface area contributed by atoms with Crippen molar-refractivity contribution in [2.45, 2.75) is 38.8 Å². The number of nitrogens with zero attached hydrogens (tertiary/aromatic N) is 1. The van der Waals surface area contributed by atoms with Gasteiger partial charge in [-0.15, -0.1) is 0 Å². The van der Waals surface area contributed by atoms with Gasteiger partial charge in [0.2, 0.25) is 5.91 Å². The molecule has 0 bridgehead atoms. The van der Waals surface area contributed by atoms with Crippen LogP contribution in [0, 0.1) is 5.92 Å². The van der Waals surface area contributed by atoms with Gasteiger partial charge in [-0.3, -0.25) is 4.79 Å². The lowest BCUT2D eigenvalue weighted by Crippen LogP contribution is -2.50. The van der Waals surface area contributed by atoms with E-state index in [-0.39, 0.29) is 29.9 Å². The molecule has 2 heterocycles. The summed E-state index contributed by atoms with van der Waals surface area (Å²) < 4.78 is 6.09. The zero-order valence-corrected chi connectivity index (χ0v) is 18.0. The van der Waals surface area contributed by atoms with Gasteiger partial charge in [0.25, 0.3) is 0 Å². The molecule has 1 aliphatic rings. The number of hydrogen-bond acceptors (Lipinski definition) is 3. The summed E-state index contributed by atoms with van der Waals surface area (Å²) in [5.41, 5.74) is 1.75. The van der Waals surface area contributed by atoms with Crippen molar-refractivity contribution in [3.05, 3.63) is 72.0 Å². The molecular weight excluding hydrogens is 390 g/mol. The van der Waals surface area contributed by atoms with Gasteiger partial charge in [0.05, 0.1) is 5.92 Å². The van der Waals surface area contributed by atoms with E-state index >= 15 is 0 Å². The maximum Gasteiger partial charge on any atom is 0.317 e. The standard InChI is InChI=1S/C25H29N3O3/c1-17(2)26-25(30)28-14-8-12-20(16-28)24(29)27-23(18-9-4-3-5-10-18)22-15-19-11-6-7-13-21(19)31-22/h3-7,9-11,13,15,17,20,23H,8,12,14,16H2,1-2H3,(H,26,30)(H,27,29). The second-order valence-corrected chi connectivity index (χ2v) is 8.43. The number of likely N-dealkylation sites (tertiary alicyclic amines) is 1. The molecule has 162 valence electrons. The summed E-state index contributed by atoms with van der Waals surface area (Å²) in [5.74, 6) is 0.393. The second kappa shape index (κ2) is 9.25. The Morgan fingerprint density at radius 2 is 1.77 bits per heavy atom. The van der Waals surface area contributed by atoms with Crippen LogP contribution < -0.4 is 10.6 Å². The number of piperidine rings is 1. The molecular formula is C25H29N3O3. The maximum absolute atomic E-state index is 13.2. The van der Waals surface area contributed by atoms with E-state index in [1.54, 1.807) is 4.90 Å². The highest BCUT2D eigenvalue weighted by atomic mass is 16.3. The van der Waals surface area contributed by atoms with Crippen molar-refractivity contribution in [3.8, 4) is 0 Å². The molecule has 1 fully saturated rings. The minimum absolute atomic E-state index is 0.0589. The molecule has 0 aliphatic carbocycles. The van der Waals surface area contributed by atoms with E-state index in [9.17, 15) is 9.59 Å². The lowest BCUT2D eigenvalue weighted by atomic mass is 9.96. The number of carbonyl (C=O) groups is 2. The summed E-state index contributed by atoms with van der Waals surface area (Å²) in [6.07, 6.45) is 1.57. The number of furan rings is 1. The van der Waals surface area contributed by atoms with E-state index in [1.807, 2.05) is 74.5 Å². The lowest BCUT2D eigenvalue weighted by Gasteiger charge is -2.33. The van der Waals surface area contributed by atoms with Crippen LogP contribution in [0.4, 0.5) is 4.79 Å². The van der Waals surface area contributed by atoms with Crippen LogP contribution >= 0.6 is 0 Å². The number of para-hydroxylation sites is 1. The van der Waals surface area contributed by atoms with Crippen LogP contribution in [0.25, 0.3) is 11.0 Å². The molecule has 1 saturated heterocycles. The van der Waals surface area contributed by atoms with Crippen molar-refractivity contribution in [1.82, 2.24) is 15.5 Å². The normalized spacial score (nSPS) is 17.5. The maximum atomic E-state index is 13.2. The number of amides is 3. The molecule has 6 nitrogen and oxygen atoms in total. The minimum atomic E-state index is -0.388. The average Bonchev–Trinajstić information content (AvgIpc) is 3.21. The quantitative estimate of drug-likeness (QED) is 0.641. The van der Waals surface area contributed by atoms with Gasteiger partial charge >= 0.3 is 6.03 Å². The number of carbonyl (C=O) groups excluding carboxylic acids is 2. The number of urea groups is 1. The van der Waals surface area contributed by atoms with Gasteiger partial charge in [0.1, 0.15) is 17.4 Å². The lowest BCUT2D eigenvalue weighted by molar-refractivity contribution is -0.126. The second-order valence-electron chi connectivity index (χ2n) is 8.43. The van der Waals surface area contributed by atoms with Crippen LogP contribution in [0.15, 0.2) is 65.1 Å². The number of fused-ring (bicyclic) bond motifs is 1. The molecule has 2 aromatic carbocycles. The predicted octanol–water partition coefficient (Wildman–Crippen LogP) is 4.47. The van der Waals surface area contributed by atoms with Crippen molar-refractivity contribution in [3.63, 3.8) is 0 Å². The van der Waals surface area contributed by atoms with Crippen LogP contribution in [0.2, 0.25) is 0 Å². The monoisotopic (exact) mass is 419 g/mol. The van der Waals surface area contributed by atoms with Crippen molar-refractivity contribution in [2.24, 2.45) is 5.92 Å². The highest BCUT2D eigenvalue weighted by Gasteiger charge is 2.31. The SMILES string of the molecule is CC(C)NC(=O)N1CCCC(C(=O)NC(c2ccccc2)c2cc3ccccc3o2)C1. The Morgan fingerprint density at radius 3 is 2.52 bits per heavy atom. The van der Waals surface area contributed by atoms with Crippen molar-refractivity contribution in [2.75, 3.05) is 13.1 Å². The number of benzene rings is 2. The van der Waals surface area contributed by atoms with E-state index < -0.39 is 0 Å². The van der Waals surface area contributed by atoms with Crippen molar-refractivity contribution in [1.29, 1.82) is 0 Å². The largest absolute Gasteiger partial charge is 0.459 e. The predicted molar refractivity (Wildman–Crippen MR) is 121 cm³/mol. The summed E-state index contributed by atoms with van der Waals surface area (Å²) >= 11 is 0. The van der Waals surface area contributed by atoms with Crippen molar-refractivity contribution >= 4 is 22.9 Å². The van der Waals surface area contributed by atoms with Crippen LogP contribution in [0.1, 0.15) is 44.1 Å². The van der Waals surface area contributed by atoms with E-state index in [1.165, 1.54) is 0 Å². The molecule has 3 amide bonds. The molecule has 3 aromatic rings. The minimum Gasteiger partial charge on any atom is -0.459 e. The molecule has 1 aliphatic heterocycles. The summed E-state index contributed by atoms with van der Waals surface area (Å²) in [6, 6.07) is 19.2. The van der Waals surface area contributed by atoms with Gasteiger partial charge in [0, 0.05) is 24.5 Å². The Morgan fingerprint density at radius 1 is 1.03 bits per heavy atom. The van der Waals surface area contributed by atoms with Gasteiger partial charge in [-0.1, -0.05) is 48.5 Å². The topological polar surface area (TPSA) is 74.6 Å². The Kier molecular flexibility index (Phi) is 6.26. The fourth-order valence-corrected chi connectivity index (χ4v) is 4.08. The summed E-state index contributed by atoms with van der Waals surface area (Å²) in [5, 5.41) is 7.11. The van der Waals surface area contributed by atoms with Gasteiger partial charge in [-0.2, -0.15) is 0 Å². The number of rotatable bonds is 5. The molecule has 2 unspecified atom stereocenters. The average molecular weight is 420 g/mol. The van der Waals surface area contributed by atoms with E-state index in [2.05, 4.69) is 10.6 Å². The van der Waals surface area contributed by atoms with E-state index in [0.717, 1.165) is 29.4 Å². The van der Waals surface area contributed by atoms with Crippen LogP contribution in [0.5, 0.6) is 0 Å². The Bertz CT molecular complexity index is 1010. The Balaban J connectivity index is 1.54. The molecule has 1 aromatic heterocycles. The molecule has 4 rings (SSSR count). The molecule has 2 N–H and O–H groups in total. The first kappa shape index (κ1) is 21.0. The highest BCUT2D eigenvalue weighted by Crippen LogP contribution is 2.29. The number of nitrogens with one attached hydrogen (secondary N) is 2. The number of hydrogen-bond donors (Lipinski definition) is 2. The van der Waals surface area contributed by atoms with Crippen LogP contribution in [-0.2, 0) is 4.79 Å². The first-order chi connectivity index (χ1) is 15.0. The third-order valence-electron chi connectivity index (χ3n) is 5.64. The molecule has 0 spiro atoms. The third kappa shape index (κ3) is 4.90. The smallest absolute Gasteiger partial charge is 0.317 e. The van der Waals surface area contributed by atoms with Crippen LogP contribution in [-0.4, -0.2) is 36.0 Å². The molecule has 6 heteroatoms. The summed E-state index contributed by atoms with van der Waals surface area (Å²) in [4.78, 5) is 27.4. The summed E-state index contributed by atoms with van der Waals surface area (Å²) in [6.45, 7) is 4.97. The first-order valence-electron chi connectivity index (χ1n) is 10.9. The third-order valence-corrected chi connectivity index (χ3v) is 5.64. The zero-order chi connectivity index (χ0) is 21.8. The Labute approximate surface area is 182 Å². The Hall–Kier alpha value is -3.28. The molecule has 0 radical (unpaired) electrons. The summed E-state index contributed by atoms with van der Waals surface area (Å²) in [7, 11) is 0. The van der Waals surface area contributed by atoms with Crippen molar-refractivity contribution < 1.29 is 14.0 Å². The molecule has 0 saturated carbocycles. The fourth-order valence-electron chi connectivity index (χ4n) is 4.08.